The average molecular weight is 249 g/mol. The third kappa shape index (κ3) is 2.92. The van der Waals surface area contributed by atoms with Crippen LogP contribution < -0.4 is 5.73 Å². The molecule has 0 aromatic heterocycles. The molecule has 0 aliphatic heterocycles. The Morgan fingerprint density at radius 3 is 2.28 bits per heavy atom. The Balaban J connectivity index is 2.24. The summed E-state index contributed by atoms with van der Waals surface area (Å²) >= 11 is 0. The molecule has 0 saturated heterocycles. The van der Waals surface area contributed by atoms with Gasteiger partial charge < -0.3 is 5.73 Å². The highest BCUT2D eigenvalue weighted by Gasteiger charge is 2.24. The van der Waals surface area contributed by atoms with Gasteiger partial charge in [0.05, 0.1) is 0 Å². The first-order chi connectivity index (χ1) is 8.59. The number of benzene rings is 1. The number of halogens is 1. The Kier molecular flexibility index (Phi) is 4.39. The second kappa shape index (κ2) is 5.83. The van der Waals surface area contributed by atoms with Crippen LogP contribution in [0.2, 0.25) is 0 Å². The SMILES string of the molecule is Cc1cc(C)c(C(N)C2CCCCCC2)c(F)c1. The first-order valence-corrected chi connectivity index (χ1v) is 7.12. The van der Waals surface area contributed by atoms with E-state index in [9.17, 15) is 4.39 Å². The zero-order chi connectivity index (χ0) is 13.1. The van der Waals surface area contributed by atoms with Gasteiger partial charge in [0.2, 0.25) is 0 Å². The summed E-state index contributed by atoms with van der Waals surface area (Å²) in [4.78, 5) is 0. The lowest BCUT2D eigenvalue weighted by molar-refractivity contribution is 0.372. The summed E-state index contributed by atoms with van der Waals surface area (Å²) in [7, 11) is 0. The van der Waals surface area contributed by atoms with Gasteiger partial charge in [0.25, 0.3) is 0 Å². The lowest BCUT2D eigenvalue weighted by atomic mass is 9.85. The zero-order valence-corrected chi connectivity index (χ0v) is 11.5. The van der Waals surface area contributed by atoms with Crippen LogP contribution in [0.3, 0.4) is 0 Å². The number of hydrogen-bond acceptors (Lipinski definition) is 1. The van der Waals surface area contributed by atoms with Gasteiger partial charge in [-0.15, -0.1) is 0 Å². The molecule has 0 heterocycles. The molecule has 1 aliphatic rings. The normalized spacial score (nSPS) is 19.6. The molecule has 0 bridgehead atoms. The highest BCUT2D eigenvalue weighted by Crippen LogP contribution is 2.34. The topological polar surface area (TPSA) is 26.0 Å². The van der Waals surface area contributed by atoms with E-state index in [1.807, 2.05) is 19.9 Å². The van der Waals surface area contributed by atoms with E-state index in [2.05, 4.69) is 0 Å². The molecule has 2 rings (SSSR count). The summed E-state index contributed by atoms with van der Waals surface area (Å²) < 4.78 is 14.1. The van der Waals surface area contributed by atoms with Gasteiger partial charge in [0.15, 0.2) is 0 Å². The number of nitrogens with two attached hydrogens (primary N) is 1. The Morgan fingerprint density at radius 1 is 1.11 bits per heavy atom. The van der Waals surface area contributed by atoms with Crippen molar-refractivity contribution in [2.75, 3.05) is 0 Å². The van der Waals surface area contributed by atoms with Gasteiger partial charge >= 0.3 is 0 Å². The highest BCUT2D eigenvalue weighted by molar-refractivity contribution is 5.34. The number of rotatable bonds is 2. The number of aryl methyl sites for hydroxylation is 2. The summed E-state index contributed by atoms with van der Waals surface area (Å²) in [6, 6.07) is 3.51. The van der Waals surface area contributed by atoms with Crippen molar-refractivity contribution in [2.45, 2.75) is 58.4 Å². The fourth-order valence-electron chi connectivity index (χ4n) is 3.25. The van der Waals surface area contributed by atoms with E-state index in [1.165, 1.54) is 25.7 Å². The maximum atomic E-state index is 14.1. The summed E-state index contributed by atoms with van der Waals surface area (Å²) in [5, 5.41) is 0. The molecule has 1 unspecified atom stereocenters. The van der Waals surface area contributed by atoms with Crippen molar-refractivity contribution in [3.8, 4) is 0 Å². The smallest absolute Gasteiger partial charge is 0.128 e. The Hall–Kier alpha value is -0.890. The number of hydrogen-bond donors (Lipinski definition) is 1. The van der Waals surface area contributed by atoms with E-state index < -0.39 is 0 Å². The predicted octanol–water partition coefficient (Wildman–Crippen LogP) is 4.41. The van der Waals surface area contributed by atoms with Crippen molar-refractivity contribution in [1.82, 2.24) is 0 Å². The van der Waals surface area contributed by atoms with E-state index in [0.717, 1.165) is 29.5 Å². The van der Waals surface area contributed by atoms with E-state index in [1.54, 1.807) is 6.07 Å². The Morgan fingerprint density at radius 2 is 1.72 bits per heavy atom. The van der Waals surface area contributed by atoms with Crippen LogP contribution >= 0.6 is 0 Å². The maximum absolute atomic E-state index is 14.1. The first-order valence-electron chi connectivity index (χ1n) is 7.12. The van der Waals surface area contributed by atoms with Crippen LogP contribution in [0.4, 0.5) is 4.39 Å². The van der Waals surface area contributed by atoms with Gasteiger partial charge in [-0.3, -0.25) is 0 Å². The molecule has 2 N–H and O–H groups in total. The van der Waals surface area contributed by atoms with E-state index in [0.29, 0.717) is 5.92 Å². The fourth-order valence-corrected chi connectivity index (χ4v) is 3.25. The molecular weight excluding hydrogens is 225 g/mol. The molecule has 100 valence electrons. The van der Waals surface area contributed by atoms with Crippen LogP contribution in [-0.2, 0) is 0 Å². The molecule has 0 amide bonds. The lowest BCUT2D eigenvalue weighted by Crippen LogP contribution is -2.23. The van der Waals surface area contributed by atoms with Crippen LogP contribution in [0.1, 0.15) is 61.3 Å². The molecule has 1 aromatic carbocycles. The quantitative estimate of drug-likeness (QED) is 0.772. The van der Waals surface area contributed by atoms with E-state index in [-0.39, 0.29) is 11.9 Å². The van der Waals surface area contributed by atoms with E-state index in [4.69, 9.17) is 5.73 Å². The van der Waals surface area contributed by atoms with Crippen molar-refractivity contribution in [3.63, 3.8) is 0 Å². The van der Waals surface area contributed by atoms with Gasteiger partial charge in [-0.25, -0.2) is 4.39 Å². The van der Waals surface area contributed by atoms with Crippen LogP contribution in [0, 0.1) is 25.6 Å². The van der Waals surface area contributed by atoms with Gasteiger partial charge in [0.1, 0.15) is 5.82 Å². The van der Waals surface area contributed by atoms with Crippen molar-refractivity contribution < 1.29 is 4.39 Å². The minimum Gasteiger partial charge on any atom is -0.324 e. The third-order valence-electron chi connectivity index (χ3n) is 4.22. The molecule has 18 heavy (non-hydrogen) atoms. The second-order valence-electron chi connectivity index (χ2n) is 5.75. The molecule has 1 saturated carbocycles. The monoisotopic (exact) mass is 249 g/mol. The molecule has 1 fully saturated rings. The van der Waals surface area contributed by atoms with Crippen molar-refractivity contribution in [2.24, 2.45) is 11.7 Å². The first kappa shape index (κ1) is 13.5. The molecule has 1 nitrogen and oxygen atoms in total. The van der Waals surface area contributed by atoms with Gasteiger partial charge in [-0.1, -0.05) is 31.7 Å². The molecule has 1 atom stereocenters. The molecule has 1 aliphatic carbocycles. The minimum absolute atomic E-state index is 0.121. The molecule has 0 spiro atoms. The van der Waals surface area contributed by atoms with Gasteiger partial charge in [0, 0.05) is 11.6 Å². The second-order valence-corrected chi connectivity index (χ2v) is 5.75. The lowest BCUT2D eigenvalue weighted by Gasteiger charge is -2.25. The molecule has 0 radical (unpaired) electrons. The minimum atomic E-state index is -0.135. The van der Waals surface area contributed by atoms with Gasteiger partial charge in [-0.05, 0) is 49.8 Å². The predicted molar refractivity (Wildman–Crippen MR) is 74.0 cm³/mol. The Labute approximate surface area is 110 Å². The summed E-state index contributed by atoms with van der Waals surface area (Å²) in [5.74, 6) is 0.327. The summed E-state index contributed by atoms with van der Waals surface area (Å²) in [6.45, 7) is 3.90. The fraction of sp³-hybridized carbons (Fsp3) is 0.625. The van der Waals surface area contributed by atoms with Crippen molar-refractivity contribution in [1.29, 1.82) is 0 Å². The van der Waals surface area contributed by atoms with Crippen molar-refractivity contribution >= 4 is 0 Å². The molecule has 1 aromatic rings. The van der Waals surface area contributed by atoms with Crippen molar-refractivity contribution in [3.05, 3.63) is 34.6 Å². The molecular formula is C16H24FN. The standard InChI is InChI=1S/C16H24FN/c1-11-9-12(2)15(14(17)10-11)16(18)13-7-5-3-4-6-8-13/h9-10,13,16H,3-8,18H2,1-2H3. The van der Waals surface area contributed by atoms with Crippen LogP contribution in [0.5, 0.6) is 0 Å². The maximum Gasteiger partial charge on any atom is 0.128 e. The van der Waals surface area contributed by atoms with Crippen LogP contribution in [-0.4, -0.2) is 0 Å². The van der Waals surface area contributed by atoms with E-state index >= 15 is 0 Å². The summed E-state index contributed by atoms with van der Waals surface area (Å²) in [6.07, 6.45) is 7.38. The third-order valence-corrected chi connectivity index (χ3v) is 4.22. The zero-order valence-electron chi connectivity index (χ0n) is 11.5. The van der Waals surface area contributed by atoms with Crippen LogP contribution in [0.15, 0.2) is 12.1 Å². The van der Waals surface area contributed by atoms with Gasteiger partial charge in [-0.2, -0.15) is 0 Å². The largest absolute Gasteiger partial charge is 0.324 e. The highest BCUT2D eigenvalue weighted by atomic mass is 19.1. The van der Waals surface area contributed by atoms with Crippen LogP contribution in [0.25, 0.3) is 0 Å². The summed E-state index contributed by atoms with van der Waals surface area (Å²) in [5.41, 5.74) is 9.07. The Bertz CT molecular complexity index is 383. The molecule has 2 heteroatoms. The average Bonchev–Trinajstić information content (AvgIpc) is 2.55.